The largest absolute Gasteiger partial charge is 0.493 e. The van der Waals surface area contributed by atoms with Crippen molar-refractivity contribution >= 4 is 11.5 Å². The first-order chi connectivity index (χ1) is 11.6. The van der Waals surface area contributed by atoms with Crippen LogP contribution in [0.25, 0.3) is 11.3 Å². The second-order valence-corrected chi connectivity index (χ2v) is 4.81. The molecule has 0 aliphatic carbocycles. The first-order valence-corrected chi connectivity index (χ1v) is 7.21. The van der Waals surface area contributed by atoms with Crippen molar-refractivity contribution in [3.05, 3.63) is 40.4 Å². The van der Waals surface area contributed by atoms with Crippen LogP contribution in [0.3, 0.4) is 0 Å². The molecule has 0 saturated carbocycles. The van der Waals surface area contributed by atoms with Gasteiger partial charge in [0.2, 0.25) is 5.82 Å². The van der Waals surface area contributed by atoms with Gasteiger partial charge in [-0.15, -0.1) is 0 Å². The van der Waals surface area contributed by atoms with Crippen molar-refractivity contribution < 1.29 is 19.1 Å². The number of hydrogen-bond acceptors (Lipinski definition) is 7. The van der Waals surface area contributed by atoms with Gasteiger partial charge in [-0.3, -0.25) is 10.1 Å². The van der Waals surface area contributed by atoms with Gasteiger partial charge in [-0.25, -0.2) is 4.98 Å². The van der Waals surface area contributed by atoms with Gasteiger partial charge in [-0.1, -0.05) is 0 Å². The lowest BCUT2D eigenvalue weighted by molar-refractivity contribution is -0.384. The fourth-order valence-electron chi connectivity index (χ4n) is 2.16. The second kappa shape index (κ2) is 8.11. The summed E-state index contributed by atoms with van der Waals surface area (Å²) in [6, 6.07) is 8.37. The fourth-order valence-corrected chi connectivity index (χ4v) is 2.16. The number of anilines is 1. The zero-order valence-electron chi connectivity index (χ0n) is 13.7. The Morgan fingerprint density at radius 1 is 1.12 bits per heavy atom. The molecule has 2 aromatic rings. The third-order valence-corrected chi connectivity index (χ3v) is 3.35. The summed E-state index contributed by atoms with van der Waals surface area (Å²) >= 11 is 0. The van der Waals surface area contributed by atoms with E-state index in [0.29, 0.717) is 30.3 Å². The molecule has 0 spiro atoms. The molecular formula is C16H19N3O5. The maximum absolute atomic E-state index is 11.1. The third-order valence-electron chi connectivity index (χ3n) is 3.35. The van der Waals surface area contributed by atoms with E-state index in [2.05, 4.69) is 10.3 Å². The first kappa shape index (κ1) is 17.5. The van der Waals surface area contributed by atoms with Crippen LogP contribution in [0.4, 0.5) is 11.5 Å². The third kappa shape index (κ3) is 3.90. The maximum Gasteiger partial charge on any atom is 0.311 e. The Kier molecular flexibility index (Phi) is 5.91. The highest BCUT2D eigenvalue weighted by Crippen LogP contribution is 2.33. The van der Waals surface area contributed by atoms with Crippen molar-refractivity contribution in [2.24, 2.45) is 0 Å². The lowest BCUT2D eigenvalue weighted by Crippen LogP contribution is -2.10. The van der Waals surface area contributed by atoms with Crippen molar-refractivity contribution in [3.8, 4) is 22.8 Å². The van der Waals surface area contributed by atoms with E-state index in [1.54, 1.807) is 39.5 Å². The summed E-state index contributed by atoms with van der Waals surface area (Å²) in [7, 11) is 4.66. The Balaban J connectivity index is 2.40. The number of pyridine rings is 1. The number of methoxy groups -OCH3 is 3. The Hall–Kier alpha value is -2.87. The van der Waals surface area contributed by atoms with E-state index >= 15 is 0 Å². The van der Waals surface area contributed by atoms with Crippen LogP contribution in [0.5, 0.6) is 11.5 Å². The smallest absolute Gasteiger partial charge is 0.311 e. The van der Waals surface area contributed by atoms with Crippen molar-refractivity contribution in [3.63, 3.8) is 0 Å². The van der Waals surface area contributed by atoms with Gasteiger partial charge in [-0.2, -0.15) is 0 Å². The monoisotopic (exact) mass is 333 g/mol. The molecule has 0 fully saturated rings. The minimum atomic E-state index is -0.472. The van der Waals surface area contributed by atoms with Gasteiger partial charge in [0.15, 0.2) is 11.5 Å². The van der Waals surface area contributed by atoms with E-state index < -0.39 is 4.92 Å². The molecule has 1 heterocycles. The number of nitrogens with zero attached hydrogens (tertiary/aromatic N) is 2. The molecule has 1 aromatic heterocycles. The number of benzene rings is 1. The molecule has 0 aliphatic rings. The summed E-state index contributed by atoms with van der Waals surface area (Å²) in [5.74, 6) is 1.36. The van der Waals surface area contributed by atoms with E-state index in [9.17, 15) is 10.1 Å². The van der Waals surface area contributed by atoms with Crippen LogP contribution in [-0.2, 0) is 4.74 Å². The summed E-state index contributed by atoms with van der Waals surface area (Å²) in [6.07, 6.45) is 0. The summed E-state index contributed by atoms with van der Waals surface area (Å²) in [4.78, 5) is 15.0. The van der Waals surface area contributed by atoms with Crippen LogP contribution in [0, 0.1) is 10.1 Å². The summed E-state index contributed by atoms with van der Waals surface area (Å²) < 4.78 is 15.4. The highest BCUT2D eigenvalue weighted by molar-refractivity contribution is 5.69. The molecule has 0 radical (unpaired) electrons. The van der Waals surface area contributed by atoms with Crippen molar-refractivity contribution in [2.45, 2.75) is 0 Å². The Morgan fingerprint density at radius 2 is 1.88 bits per heavy atom. The minimum Gasteiger partial charge on any atom is -0.493 e. The van der Waals surface area contributed by atoms with Gasteiger partial charge >= 0.3 is 5.69 Å². The normalized spacial score (nSPS) is 10.3. The Morgan fingerprint density at radius 3 is 2.50 bits per heavy atom. The predicted molar refractivity (Wildman–Crippen MR) is 89.8 cm³/mol. The van der Waals surface area contributed by atoms with Crippen LogP contribution < -0.4 is 14.8 Å². The van der Waals surface area contributed by atoms with Crippen molar-refractivity contribution in [1.29, 1.82) is 0 Å². The molecule has 8 heteroatoms. The summed E-state index contributed by atoms with van der Waals surface area (Å²) in [5, 5.41) is 14.1. The molecule has 0 aliphatic heterocycles. The van der Waals surface area contributed by atoms with Crippen LogP contribution in [0.15, 0.2) is 30.3 Å². The number of ether oxygens (including phenoxy) is 3. The molecule has 0 amide bonds. The van der Waals surface area contributed by atoms with Crippen LogP contribution in [0.1, 0.15) is 0 Å². The number of nitro groups is 1. The van der Waals surface area contributed by atoms with Gasteiger partial charge in [0.25, 0.3) is 0 Å². The van der Waals surface area contributed by atoms with E-state index in [-0.39, 0.29) is 11.5 Å². The molecular weight excluding hydrogens is 314 g/mol. The average molecular weight is 333 g/mol. The SMILES string of the molecule is COCCNc1nc(-c2ccc(OC)c(OC)c2)ccc1[N+](=O)[O-]. The van der Waals surface area contributed by atoms with Gasteiger partial charge in [0.1, 0.15) is 0 Å². The summed E-state index contributed by atoms with van der Waals surface area (Å²) in [6.45, 7) is 0.832. The summed E-state index contributed by atoms with van der Waals surface area (Å²) in [5.41, 5.74) is 1.26. The highest BCUT2D eigenvalue weighted by Gasteiger charge is 2.17. The first-order valence-electron chi connectivity index (χ1n) is 7.21. The molecule has 1 N–H and O–H groups in total. The molecule has 0 unspecified atom stereocenters. The van der Waals surface area contributed by atoms with Crippen molar-refractivity contribution in [1.82, 2.24) is 4.98 Å². The number of nitrogens with one attached hydrogen (secondary N) is 1. The highest BCUT2D eigenvalue weighted by atomic mass is 16.6. The van der Waals surface area contributed by atoms with Gasteiger partial charge in [0.05, 0.1) is 31.4 Å². The zero-order chi connectivity index (χ0) is 17.5. The maximum atomic E-state index is 11.1. The Labute approximate surface area is 139 Å². The predicted octanol–water partition coefficient (Wildman–Crippen LogP) is 2.73. The lowest BCUT2D eigenvalue weighted by Gasteiger charge is -2.11. The number of rotatable bonds is 8. The van der Waals surface area contributed by atoms with Crippen LogP contribution in [0.2, 0.25) is 0 Å². The average Bonchev–Trinajstić information content (AvgIpc) is 2.61. The fraction of sp³-hybridized carbons (Fsp3) is 0.312. The zero-order valence-corrected chi connectivity index (χ0v) is 13.7. The second-order valence-electron chi connectivity index (χ2n) is 4.81. The molecule has 0 saturated heterocycles. The molecule has 2 rings (SSSR count). The standard InChI is InChI=1S/C16H19N3O5/c1-22-9-8-17-16-13(19(20)21)6-5-12(18-16)11-4-7-14(23-2)15(10-11)24-3/h4-7,10H,8-9H2,1-3H3,(H,17,18). The lowest BCUT2D eigenvalue weighted by atomic mass is 10.1. The quantitative estimate of drug-likeness (QED) is 0.451. The number of aromatic nitrogens is 1. The van der Waals surface area contributed by atoms with E-state index in [4.69, 9.17) is 14.2 Å². The van der Waals surface area contributed by atoms with E-state index in [1.807, 2.05) is 6.07 Å². The van der Waals surface area contributed by atoms with Gasteiger partial charge in [-0.05, 0) is 24.3 Å². The Bertz CT molecular complexity index is 721. The van der Waals surface area contributed by atoms with Crippen molar-refractivity contribution in [2.75, 3.05) is 39.8 Å². The molecule has 0 atom stereocenters. The topological polar surface area (TPSA) is 95.8 Å². The molecule has 24 heavy (non-hydrogen) atoms. The molecule has 8 nitrogen and oxygen atoms in total. The molecule has 0 bridgehead atoms. The van der Waals surface area contributed by atoms with Gasteiger partial charge in [0, 0.05) is 25.3 Å². The van der Waals surface area contributed by atoms with E-state index in [0.717, 1.165) is 5.56 Å². The van der Waals surface area contributed by atoms with E-state index in [1.165, 1.54) is 6.07 Å². The van der Waals surface area contributed by atoms with Gasteiger partial charge < -0.3 is 19.5 Å². The van der Waals surface area contributed by atoms with Crippen LogP contribution >= 0.6 is 0 Å². The van der Waals surface area contributed by atoms with Crippen LogP contribution in [-0.4, -0.2) is 44.4 Å². The molecule has 1 aromatic carbocycles. The molecule has 128 valence electrons. The number of hydrogen-bond donors (Lipinski definition) is 1. The minimum absolute atomic E-state index is 0.0877.